The molecule has 2 aromatic carbocycles. The van der Waals surface area contributed by atoms with E-state index in [1.165, 1.54) is 12.1 Å². The molecule has 148 valence electrons. The Bertz CT molecular complexity index is 1150. The third-order valence-electron chi connectivity index (χ3n) is 4.24. The van der Waals surface area contributed by atoms with Crippen LogP contribution in [0.2, 0.25) is 0 Å². The van der Waals surface area contributed by atoms with Crippen LogP contribution in [-0.2, 0) is 13.2 Å². The van der Waals surface area contributed by atoms with Crippen LogP contribution in [0.4, 0.5) is 4.39 Å². The average molecular weight is 395 g/mol. The fourth-order valence-corrected chi connectivity index (χ4v) is 2.78. The van der Waals surface area contributed by atoms with E-state index >= 15 is 0 Å². The van der Waals surface area contributed by atoms with Crippen LogP contribution in [0.3, 0.4) is 0 Å². The van der Waals surface area contributed by atoms with E-state index < -0.39 is 5.82 Å². The number of rotatable bonds is 7. The first-order valence-electron chi connectivity index (χ1n) is 8.85. The van der Waals surface area contributed by atoms with Crippen LogP contribution >= 0.6 is 0 Å². The van der Waals surface area contributed by atoms with Gasteiger partial charge in [-0.3, -0.25) is 9.89 Å². The second-order valence-electron chi connectivity index (χ2n) is 6.25. The average Bonchev–Trinajstić information content (AvgIpc) is 3.37. The number of benzene rings is 2. The van der Waals surface area contributed by atoms with Gasteiger partial charge < -0.3 is 19.8 Å². The molecule has 0 fully saturated rings. The molecule has 0 aliphatic carbocycles. The highest BCUT2D eigenvalue weighted by Crippen LogP contribution is 2.19. The standard InChI is InChI=1S/C20H18FN5O3/c1-28-13-6-7-15-16(9-13)24-19(23-15)10-22-20(27)17-8-12(25-26-17)11-29-18-5-3-2-4-14(18)21/h2-9H,10-11H2,1H3,(H,22,27)(H,23,24)(H,25,26). The molecule has 3 N–H and O–H groups in total. The number of halogens is 1. The lowest BCUT2D eigenvalue weighted by molar-refractivity contribution is 0.0945. The van der Waals surface area contributed by atoms with Crippen molar-refractivity contribution in [1.82, 2.24) is 25.5 Å². The topological polar surface area (TPSA) is 105 Å². The highest BCUT2D eigenvalue weighted by Gasteiger charge is 2.12. The Morgan fingerprint density at radius 3 is 2.90 bits per heavy atom. The van der Waals surface area contributed by atoms with E-state index in [1.54, 1.807) is 25.3 Å². The minimum absolute atomic E-state index is 0.0621. The first kappa shape index (κ1) is 18.5. The molecule has 8 nitrogen and oxygen atoms in total. The summed E-state index contributed by atoms with van der Waals surface area (Å²) >= 11 is 0. The molecule has 2 heterocycles. The molecule has 4 rings (SSSR count). The number of para-hydroxylation sites is 1. The van der Waals surface area contributed by atoms with Crippen LogP contribution < -0.4 is 14.8 Å². The molecule has 0 saturated heterocycles. The maximum atomic E-state index is 13.6. The molecule has 2 aromatic heterocycles. The van der Waals surface area contributed by atoms with Gasteiger partial charge in [0.15, 0.2) is 11.6 Å². The van der Waals surface area contributed by atoms with E-state index in [9.17, 15) is 9.18 Å². The fourth-order valence-electron chi connectivity index (χ4n) is 2.78. The number of hydrogen-bond donors (Lipinski definition) is 3. The number of carbonyl (C=O) groups is 1. The van der Waals surface area contributed by atoms with Crippen molar-refractivity contribution in [1.29, 1.82) is 0 Å². The van der Waals surface area contributed by atoms with Crippen LogP contribution in [0.1, 0.15) is 22.0 Å². The largest absolute Gasteiger partial charge is 0.497 e. The Labute approximate surface area is 165 Å². The first-order chi connectivity index (χ1) is 14.1. The molecule has 0 aliphatic rings. The van der Waals surface area contributed by atoms with Gasteiger partial charge in [-0.25, -0.2) is 9.37 Å². The Hall–Kier alpha value is -3.88. The molecular formula is C20H18FN5O3. The number of imidazole rings is 1. The van der Waals surface area contributed by atoms with Crippen molar-refractivity contribution in [2.75, 3.05) is 7.11 Å². The summed E-state index contributed by atoms with van der Waals surface area (Å²) in [4.78, 5) is 19.9. The molecule has 29 heavy (non-hydrogen) atoms. The lowest BCUT2D eigenvalue weighted by Crippen LogP contribution is -2.23. The fraction of sp³-hybridized carbons (Fsp3) is 0.150. The van der Waals surface area contributed by atoms with Crippen molar-refractivity contribution in [3.8, 4) is 11.5 Å². The maximum Gasteiger partial charge on any atom is 0.272 e. The van der Waals surface area contributed by atoms with Crippen molar-refractivity contribution in [3.05, 3.63) is 71.6 Å². The number of amides is 1. The zero-order valence-corrected chi connectivity index (χ0v) is 15.5. The molecule has 0 saturated carbocycles. The number of nitrogens with one attached hydrogen (secondary N) is 3. The summed E-state index contributed by atoms with van der Waals surface area (Å²) in [5.41, 5.74) is 2.35. The van der Waals surface area contributed by atoms with Gasteiger partial charge in [-0.15, -0.1) is 0 Å². The molecule has 0 atom stereocenters. The van der Waals surface area contributed by atoms with Gasteiger partial charge in [0.05, 0.1) is 30.4 Å². The highest BCUT2D eigenvalue weighted by molar-refractivity contribution is 5.92. The summed E-state index contributed by atoms with van der Waals surface area (Å²) in [7, 11) is 1.60. The summed E-state index contributed by atoms with van der Waals surface area (Å²) in [5, 5.41) is 9.44. The van der Waals surface area contributed by atoms with Gasteiger partial charge in [0.2, 0.25) is 0 Å². The maximum absolute atomic E-state index is 13.6. The van der Waals surface area contributed by atoms with E-state index in [1.807, 2.05) is 18.2 Å². The highest BCUT2D eigenvalue weighted by atomic mass is 19.1. The SMILES string of the molecule is COc1ccc2nc(CNC(=O)c3cc(COc4ccccc4F)[nH]n3)[nH]c2c1. The van der Waals surface area contributed by atoms with Crippen molar-refractivity contribution in [2.24, 2.45) is 0 Å². The van der Waals surface area contributed by atoms with Crippen LogP contribution in [0.25, 0.3) is 11.0 Å². The summed E-state index contributed by atoms with van der Waals surface area (Å²) in [5.74, 6) is 0.651. The van der Waals surface area contributed by atoms with E-state index in [4.69, 9.17) is 9.47 Å². The third kappa shape index (κ3) is 4.18. The van der Waals surface area contributed by atoms with Gasteiger partial charge in [0.25, 0.3) is 5.91 Å². The number of fused-ring (bicyclic) bond motifs is 1. The van der Waals surface area contributed by atoms with E-state index in [0.717, 1.165) is 16.8 Å². The number of aromatic amines is 2. The minimum atomic E-state index is -0.451. The van der Waals surface area contributed by atoms with E-state index in [-0.39, 0.29) is 30.5 Å². The molecule has 0 spiro atoms. The second-order valence-corrected chi connectivity index (χ2v) is 6.25. The van der Waals surface area contributed by atoms with Crippen molar-refractivity contribution >= 4 is 16.9 Å². The van der Waals surface area contributed by atoms with Gasteiger partial charge >= 0.3 is 0 Å². The summed E-state index contributed by atoms with van der Waals surface area (Å²) in [6, 6.07) is 13.2. The van der Waals surface area contributed by atoms with Crippen LogP contribution in [0.5, 0.6) is 11.5 Å². The third-order valence-corrected chi connectivity index (χ3v) is 4.24. The number of methoxy groups -OCH3 is 1. The number of aromatic nitrogens is 4. The van der Waals surface area contributed by atoms with E-state index in [2.05, 4.69) is 25.5 Å². The summed E-state index contributed by atoms with van der Waals surface area (Å²) < 4.78 is 24.2. The molecule has 0 aliphatic heterocycles. The van der Waals surface area contributed by atoms with Crippen LogP contribution in [0, 0.1) is 5.82 Å². The predicted octanol–water partition coefficient (Wildman–Crippen LogP) is 2.94. The van der Waals surface area contributed by atoms with Crippen LogP contribution in [-0.4, -0.2) is 33.2 Å². The Morgan fingerprint density at radius 2 is 2.07 bits per heavy atom. The van der Waals surface area contributed by atoms with Crippen molar-refractivity contribution < 1.29 is 18.7 Å². The normalized spacial score (nSPS) is 10.8. The lowest BCUT2D eigenvalue weighted by Gasteiger charge is -2.04. The molecule has 0 bridgehead atoms. The number of nitrogens with zero attached hydrogens (tertiary/aromatic N) is 2. The van der Waals surface area contributed by atoms with Crippen molar-refractivity contribution in [2.45, 2.75) is 13.2 Å². The number of hydrogen-bond acceptors (Lipinski definition) is 5. The first-order valence-corrected chi connectivity index (χ1v) is 8.85. The van der Waals surface area contributed by atoms with Gasteiger partial charge in [-0.05, 0) is 30.3 Å². The molecule has 1 amide bonds. The smallest absolute Gasteiger partial charge is 0.272 e. The lowest BCUT2D eigenvalue weighted by atomic mass is 10.3. The van der Waals surface area contributed by atoms with Gasteiger partial charge in [0, 0.05) is 6.07 Å². The number of ether oxygens (including phenoxy) is 2. The summed E-state index contributed by atoms with van der Waals surface area (Å²) in [6.45, 7) is 0.274. The van der Waals surface area contributed by atoms with Crippen LogP contribution in [0.15, 0.2) is 48.5 Å². The van der Waals surface area contributed by atoms with Gasteiger partial charge in [0.1, 0.15) is 23.9 Å². The molecule has 0 radical (unpaired) electrons. The zero-order valence-electron chi connectivity index (χ0n) is 15.5. The number of H-pyrrole nitrogens is 2. The quantitative estimate of drug-likeness (QED) is 0.446. The monoisotopic (exact) mass is 395 g/mol. The zero-order chi connectivity index (χ0) is 20.2. The Balaban J connectivity index is 1.35. The minimum Gasteiger partial charge on any atom is -0.497 e. The number of carbonyl (C=O) groups excluding carboxylic acids is 1. The summed E-state index contributed by atoms with van der Waals surface area (Å²) in [6.07, 6.45) is 0. The van der Waals surface area contributed by atoms with E-state index in [0.29, 0.717) is 11.5 Å². The van der Waals surface area contributed by atoms with Crippen molar-refractivity contribution in [3.63, 3.8) is 0 Å². The second kappa shape index (κ2) is 8.01. The molecule has 4 aromatic rings. The molecule has 0 unspecified atom stereocenters. The predicted molar refractivity (Wildman–Crippen MR) is 103 cm³/mol. The van der Waals surface area contributed by atoms with Gasteiger partial charge in [-0.2, -0.15) is 5.10 Å². The molecule has 9 heteroatoms. The Morgan fingerprint density at radius 1 is 1.21 bits per heavy atom. The molecular weight excluding hydrogens is 377 g/mol. The van der Waals surface area contributed by atoms with Gasteiger partial charge in [-0.1, -0.05) is 12.1 Å². The Kier molecular flexibility index (Phi) is 5.10.